The maximum atomic E-state index is 12.8. The molecule has 0 bridgehead atoms. The number of nitrogens with one attached hydrogen (secondary N) is 1. The Morgan fingerprint density at radius 3 is 2.19 bits per heavy atom. The van der Waals surface area contributed by atoms with Crippen molar-refractivity contribution in [3.8, 4) is 0 Å². The third-order valence-corrected chi connectivity index (χ3v) is 6.21. The quantitative estimate of drug-likeness (QED) is 0.660. The first-order valence-corrected chi connectivity index (χ1v) is 10.3. The Bertz CT molecular complexity index is 984. The first-order valence-electron chi connectivity index (χ1n) is 8.85. The lowest BCUT2D eigenvalue weighted by Crippen LogP contribution is -2.26. The van der Waals surface area contributed by atoms with Crippen molar-refractivity contribution in [1.82, 2.24) is 4.31 Å². The molecule has 0 amide bonds. The van der Waals surface area contributed by atoms with Crippen molar-refractivity contribution in [2.75, 3.05) is 12.4 Å². The van der Waals surface area contributed by atoms with Gasteiger partial charge in [0.1, 0.15) is 0 Å². The number of anilines is 1. The second-order valence-electron chi connectivity index (χ2n) is 6.61. The van der Waals surface area contributed by atoms with Crippen LogP contribution in [0.15, 0.2) is 83.8 Å². The van der Waals surface area contributed by atoms with Gasteiger partial charge in [-0.15, -0.1) is 0 Å². The molecule has 0 radical (unpaired) electrons. The summed E-state index contributed by atoms with van der Waals surface area (Å²) in [5, 5.41) is 3.33. The van der Waals surface area contributed by atoms with Gasteiger partial charge in [-0.2, -0.15) is 4.31 Å². The third-order valence-electron chi connectivity index (χ3n) is 4.39. The van der Waals surface area contributed by atoms with Gasteiger partial charge >= 0.3 is 0 Å². The number of hydrogen-bond acceptors (Lipinski definition) is 3. The van der Waals surface area contributed by atoms with Gasteiger partial charge in [0.25, 0.3) is 0 Å². The Labute approximate surface area is 161 Å². The number of aryl methyl sites for hydroxylation is 1. The number of hydrogen-bond donors (Lipinski definition) is 1. The molecule has 27 heavy (non-hydrogen) atoms. The zero-order chi connectivity index (χ0) is 19.3. The number of benzene rings is 3. The summed E-state index contributed by atoms with van der Waals surface area (Å²) in [4.78, 5) is 0.294. The molecule has 3 rings (SSSR count). The molecule has 140 valence electrons. The minimum Gasteiger partial charge on any atom is -0.381 e. The summed E-state index contributed by atoms with van der Waals surface area (Å²) in [7, 11) is -1.92. The topological polar surface area (TPSA) is 49.4 Å². The van der Waals surface area contributed by atoms with Crippen molar-refractivity contribution in [2.45, 2.75) is 24.9 Å². The van der Waals surface area contributed by atoms with E-state index in [0.29, 0.717) is 18.0 Å². The van der Waals surface area contributed by atoms with Crippen molar-refractivity contribution in [3.05, 3.63) is 95.6 Å². The Morgan fingerprint density at radius 2 is 1.52 bits per heavy atom. The maximum absolute atomic E-state index is 12.8. The van der Waals surface area contributed by atoms with Gasteiger partial charge in [-0.3, -0.25) is 0 Å². The lowest BCUT2D eigenvalue weighted by atomic mass is 10.1. The van der Waals surface area contributed by atoms with Gasteiger partial charge in [0, 0.05) is 25.8 Å². The van der Waals surface area contributed by atoms with E-state index in [2.05, 4.69) is 30.4 Å². The van der Waals surface area contributed by atoms with E-state index < -0.39 is 10.0 Å². The van der Waals surface area contributed by atoms with Crippen molar-refractivity contribution in [3.63, 3.8) is 0 Å². The highest BCUT2D eigenvalue weighted by molar-refractivity contribution is 7.89. The van der Waals surface area contributed by atoms with Gasteiger partial charge in [0.2, 0.25) is 10.0 Å². The van der Waals surface area contributed by atoms with E-state index in [0.717, 1.165) is 11.3 Å². The molecule has 0 spiro atoms. The minimum absolute atomic E-state index is 0.294. The highest BCUT2D eigenvalue weighted by Crippen LogP contribution is 2.19. The fraction of sp³-hybridized carbons (Fsp3) is 0.182. The number of rotatable bonds is 7. The standard InChI is InChI=1S/C22H24N2O2S/c1-18-7-6-10-20(15-18)16-23-21-11-13-22(14-12-21)27(25,26)24(2)17-19-8-4-3-5-9-19/h3-15,23H,16-17H2,1-2H3. The molecule has 3 aromatic rings. The molecule has 0 fully saturated rings. The Morgan fingerprint density at radius 1 is 0.852 bits per heavy atom. The Hall–Kier alpha value is -2.63. The average molecular weight is 381 g/mol. The molecule has 3 aromatic carbocycles. The molecular formula is C22H24N2O2S. The van der Waals surface area contributed by atoms with Crippen LogP contribution in [0.1, 0.15) is 16.7 Å². The summed E-state index contributed by atoms with van der Waals surface area (Å²) in [6, 6.07) is 24.8. The molecule has 1 N–H and O–H groups in total. The van der Waals surface area contributed by atoms with Crippen LogP contribution < -0.4 is 5.32 Å². The van der Waals surface area contributed by atoms with E-state index in [1.807, 2.05) is 36.4 Å². The summed E-state index contributed by atoms with van der Waals surface area (Å²) in [6.45, 7) is 3.10. The average Bonchev–Trinajstić information content (AvgIpc) is 2.67. The molecule has 0 aliphatic heterocycles. The van der Waals surface area contributed by atoms with Crippen molar-refractivity contribution >= 4 is 15.7 Å². The first-order chi connectivity index (χ1) is 12.9. The van der Waals surface area contributed by atoms with E-state index in [-0.39, 0.29) is 0 Å². The molecule has 0 saturated carbocycles. The highest BCUT2D eigenvalue weighted by atomic mass is 32.2. The predicted molar refractivity (Wildman–Crippen MR) is 110 cm³/mol. The lowest BCUT2D eigenvalue weighted by Gasteiger charge is -2.17. The molecular weight excluding hydrogens is 356 g/mol. The molecule has 0 heterocycles. The fourth-order valence-corrected chi connectivity index (χ4v) is 4.04. The van der Waals surface area contributed by atoms with E-state index >= 15 is 0 Å². The Balaban J connectivity index is 1.66. The largest absolute Gasteiger partial charge is 0.381 e. The number of sulfonamides is 1. The van der Waals surface area contributed by atoms with Gasteiger partial charge in [-0.1, -0.05) is 60.2 Å². The molecule has 4 nitrogen and oxygen atoms in total. The monoisotopic (exact) mass is 380 g/mol. The van der Waals surface area contributed by atoms with Crippen LogP contribution in [0.25, 0.3) is 0 Å². The second kappa shape index (κ2) is 8.37. The molecule has 0 saturated heterocycles. The van der Waals surface area contributed by atoms with Crippen LogP contribution in [0.3, 0.4) is 0 Å². The van der Waals surface area contributed by atoms with E-state index in [4.69, 9.17) is 0 Å². The molecule has 0 aliphatic rings. The fourth-order valence-electron chi connectivity index (χ4n) is 2.88. The SMILES string of the molecule is Cc1cccc(CNc2ccc(S(=O)(=O)N(C)Cc3ccccc3)cc2)c1. The summed E-state index contributed by atoms with van der Waals surface area (Å²) in [5.41, 5.74) is 4.26. The van der Waals surface area contributed by atoms with Gasteiger partial charge in [0.05, 0.1) is 4.90 Å². The van der Waals surface area contributed by atoms with E-state index in [1.54, 1.807) is 31.3 Å². The van der Waals surface area contributed by atoms with Crippen LogP contribution in [-0.4, -0.2) is 19.8 Å². The van der Waals surface area contributed by atoms with Gasteiger partial charge < -0.3 is 5.32 Å². The third kappa shape index (κ3) is 4.96. The second-order valence-corrected chi connectivity index (χ2v) is 8.66. The van der Waals surface area contributed by atoms with Crippen LogP contribution in [0, 0.1) is 6.92 Å². The molecule has 0 atom stereocenters. The van der Waals surface area contributed by atoms with Crippen LogP contribution in [-0.2, 0) is 23.1 Å². The van der Waals surface area contributed by atoms with Crippen LogP contribution in [0.5, 0.6) is 0 Å². The van der Waals surface area contributed by atoms with Gasteiger partial charge in [-0.05, 0) is 42.3 Å². The molecule has 5 heteroatoms. The van der Waals surface area contributed by atoms with Crippen LogP contribution >= 0.6 is 0 Å². The maximum Gasteiger partial charge on any atom is 0.243 e. The smallest absolute Gasteiger partial charge is 0.243 e. The highest BCUT2D eigenvalue weighted by Gasteiger charge is 2.20. The summed E-state index contributed by atoms with van der Waals surface area (Å²) in [5.74, 6) is 0. The minimum atomic E-state index is -3.52. The molecule has 0 unspecified atom stereocenters. The zero-order valence-corrected chi connectivity index (χ0v) is 16.4. The normalized spacial score (nSPS) is 11.5. The van der Waals surface area contributed by atoms with E-state index in [9.17, 15) is 8.42 Å². The Kier molecular flexibility index (Phi) is 5.94. The lowest BCUT2D eigenvalue weighted by molar-refractivity contribution is 0.467. The zero-order valence-electron chi connectivity index (χ0n) is 15.6. The van der Waals surface area contributed by atoms with E-state index in [1.165, 1.54) is 15.4 Å². The van der Waals surface area contributed by atoms with Gasteiger partial charge in [-0.25, -0.2) is 8.42 Å². The summed E-state index contributed by atoms with van der Waals surface area (Å²) < 4.78 is 26.9. The summed E-state index contributed by atoms with van der Waals surface area (Å²) >= 11 is 0. The van der Waals surface area contributed by atoms with Crippen LogP contribution in [0.4, 0.5) is 5.69 Å². The first kappa shape index (κ1) is 19.1. The number of nitrogens with zero attached hydrogens (tertiary/aromatic N) is 1. The van der Waals surface area contributed by atoms with Crippen LogP contribution in [0.2, 0.25) is 0 Å². The van der Waals surface area contributed by atoms with Crippen molar-refractivity contribution < 1.29 is 8.42 Å². The van der Waals surface area contributed by atoms with Crippen molar-refractivity contribution in [1.29, 1.82) is 0 Å². The van der Waals surface area contributed by atoms with Crippen molar-refractivity contribution in [2.24, 2.45) is 0 Å². The predicted octanol–water partition coefficient (Wildman–Crippen LogP) is 4.43. The molecule has 0 aromatic heterocycles. The molecule has 0 aliphatic carbocycles. The van der Waals surface area contributed by atoms with Gasteiger partial charge in [0.15, 0.2) is 0 Å². The summed E-state index contributed by atoms with van der Waals surface area (Å²) in [6.07, 6.45) is 0.